The summed E-state index contributed by atoms with van der Waals surface area (Å²) < 4.78 is 0.994. The van der Waals surface area contributed by atoms with Gasteiger partial charge in [-0.25, -0.2) is 0 Å². The Morgan fingerprint density at radius 2 is 1.95 bits per heavy atom. The van der Waals surface area contributed by atoms with Crippen LogP contribution in [-0.4, -0.2) is 32.0 Å². The van der Waals surface area contributed by atoms with Crippen molar-refractivity contribution in [2.75, 3.05) is 25.5 Å². The Morgan fingerprint density at radius 1 is 1.24 bits per heavy atom. The second-order valence-electron chi connectivity index (χ2n) is 4.50. The van der Waals surface area contributed by atoms with E-state index < -0.39 is 0 Å². The van der Waals surface area contributed by atoms with Crippen molar-refractivity contribution < 1.29 is 9.59 Å². The molecule has 0 saturated heterocycles. The summed E-state index contributed by atoms with van der Waals surface area (Å²) in [5.74, 6) is -0.337. The lowest BCUT2D eigenvalue weighted by Crippen LogP contribution is -2.33. The lowest BCUT2D eigenvalue weighted by molar-refractivity contribution is -0.124. The molecule has 0 saturated carbocycles. The molecule has 118 valence electrons. The summed E-state index contributed by atoms with van der Waals surface area (Å²) in [7, 11) is 1.84. The van der Waals surface area contributed by atoms with Crippen LogP contribution in [0.2, 0.25) is 0 Å². The first-order valence-electron chi connectivity index (χ1n) is 6.50. The number of hydrogen-bond donors (Lipinski definition) is 3. The number of carbonyl (C=O) groups excluding carboxylic acids is 2. The second kappa shape index (κ2) is 10.6. The molecule has 0 aliphatic rings. The van der Waals surface area contributed by atoms with Crippen molar-refractivity contribution >= 4 is 45.8 Å². The molecule has 1 aromatic carbocycles. The first kappa shape index (κ1) is 19.9. The average Bonchev–Trinajstić information content (AvgIpc) is 2.41. The molecule has 0 radical (unpaired) electrons. The van der Waals surface area contributed by atoms with Crippen molar-refractivity contribution in [1.82, 2.24) is 10.6 Å². The zero-order valence-electron chi connectivity index (χ0n) is 12.2. The van der Waals surface area contributed by atoms with Gasteiger partial charge in [0.25, 0.3) is 0 Å². The fourth-order valence-corrected chi connectivity index (χ4v) is 1.87. The number of rotatable bonds is 7. The first-order chi connectivity index (χ1) is 9.52. The fraction of sp³-hybridized carbons (Fsp3) is 0.429. The van der Waals surface area contributed by atoms with E-state index in [4.69, 9.17) is 0 Å². The molecule has 21 heavy (non-hydrogen) atoms. The largest absolute Gasteiger partial charge is 0.347 e. The summed E-state index contributed by atoms with van der Waals surface area (Å²) in [6, 6.07) is 5.56. The van der Waals surface area contributed by atoms with Gasteiger partial charge >= 0.3 is 0 Å². The normalized spacial score (nSPS) is 9.67. The lowest BCUT2D eigenvalue weighted by atomic mass is 10.2. The molecule has 0 aliphatic carbocycles. The molecule has 5 nitrogen and oxygen atoms in total. The van der Waals surface area contributed by atoms with Gasteiger partial charge < -0.3 is 16.0 Å². The molecule has 3 N–H and O–H groups in total. The van der Waals surface area contributed by atoms with Gasteiger partial charge in [-0.15, -0.1) is 12.4 Å². The minimum Gasteiger partial charge on any atom is -0.347 e. The zero-order chi connectivity index (χ0) is 15.0. The van der Waals surface area contributed by atoms with Gasteiger partial charge in [0.15, 0.2) is 0 Å². The number of carbonyl (C=O) groups is 2. The summed E-state index contributed by atoms with van der Waals surface area (Å²) in [6.45, 7) is 2.73. The molecule has 0 unspecified atom stereocenters. The van der Waals surface area contributed by atoms with E-state index in [-0.39, 0.29) is 30.8 Å². The third-order valence-electron chi connectivity index (χ3n) is 2.72. The standard InChI is InChI=1S/C14H20BrN3O2.ClH/c1-10-8-11(5-6-12(10)15)18-14(20)9-17-13(19)4-3-7-16-2;/h5-6,8,16H,3-4,7,9H2,1-2H3,(H,17,19)(H,18,20);1H. The van der Waals surface area contributed by atoms with Gasteiger partial charge in [0, 0.05) is 16.6 Å². The highest BCUT2D eigenvalue weighted by molar-refractivity contribution is 9.10. The molecule has 0 spiro atoms. The zero-order valence-corrected chi connectivity index (χ0v) is 14.6. The predicted molar refractivity (Wildman–Crippen MR) is 90.9 cm³/mol. The van der Waals surface area contributed by atoms with E-state index >= 15 is 0 Å². The maximum absolute atomic E-state index is 11.7. The van der Waals surface area contributed by atoms with Gasteiger partial charge in [0.05, 0.1) is 6.54 Å². The molecule has 0 heterocycles. The monoisotopic (exact) mass is 377 g/mol. The first-order valence-corrected chi connectivity index (χ1v) is 7.29. The number of nitrogens with one attached hydrogen (secondary N) is 3. The summed E-state index contributed by atoms with van der Waals surface area (Å²) in [5, 5.41) is 8.31. The number of amides is 2. The van der Waals surface area contributed by atoms with Gasteiger partial charge in [0.2, 0.25) is 11.8 Å². The molecular weight excluding hydrogens is 358 g/mol. The molecule has 0 aromatic heterocycles. The van der Waals surface area contributed by atoms with E-state index in [0.717, 1.165) is 28.7 Å². The highest BCUT2D eigenvalue weighted by atomic mass is 79.9. The number of halogens is 2. The molecular formula is C14H21BrClN3O2. The van der Waals surface area contributed by atoms with Crippen molar-refractivity contribution in [3.8, 4) is 0 Å². The summed E-state index contributed by atoms with van der Waals surface area (Å²) in [4.78, 5) is 23.1. The molecule has 7 heteroatoms. The molecule has 0 fully saturated rings. The van der Waals surface area contributed by atoms with Crippen molar-refractivity contribution in [2.45, 2.75) is 19.8 Å². The summed E-state index contributed by atoms with van der Waals surface area (Å²) in [6.07, 6.45) is 1.18. The van der Waals surface area contributed by atoms with Gasteiger partial charge in [-0.2, -0.15) is 0 Å². The van der Waals surface area contributed by atoms with Crippen LogP contribution in [0.25, 0.3) is 0 Å². The van der Waals surface area contributed by atoms with Crippen molar-refractivity contribution in [3.63, 3.8) is 0 Å². The van der Waals surface area contributed by atoms with E-state index in [1.54, 1.807) is 0 Å². The van der Waals surface area contributed by atoms with Gasteiger partial charge in [-0.05, 0) is 50.7 Å². The maximum Gasteiger partial charge on any atom is 0.243 e. The minimum absolute atomic E-state index is 0. The summed E-state index contributed by atoms with van der Waals surface area (Å²) >= 11 is 3.40. The predicted octanol–water partition coefficient (Wildman–Crippen LogP) is 2.23. The molecule has 0 aliphatic heterocycles. The number of hydrogen-bond acceptors (Lipinski definition) is 3. The smallest absolute Gasteiger partial charge is 0.243 e. The van der Waals surface area contributed by atoms with Crippen molar-refractivity contribution in [3.05, 3.63) is 28.2 Å². The van der Waals surface area contributed by atoms with Crippen molar-refractivity contribution in [1.29, 1.82) is 0 Å². The quantitative estimate of drug-likeness (QED) is 0.637. The molecule has 0 atom stereocenters. The van der Waals surface area contributed by atoms with E-state index in [1.807, 2.05) is 32.2 Å². The minimum atomic E-state index is -0.228. The third kappa shape index (κ3) is 8.04. The Morgan fingerprint density at radius 3 is 2.57 bits per heavy atom. The SMILES string of the molecule is CNCCCC(=O)NCC(=O)Nc1ccc(Br)c(C)c1.Cl. The Labute approximate surface area is 139 Å². The van der Waals surface area contributed by atoms with Gasteiger partial charge in [-0.3, -0.25) is 9.59 Å². The van der Waals surface area contributed by atoms with Gasteiger partial charge in [-0.1, -0.05) is 15.9 Å². The topological polar surface area (TPSA) is 70.2 Å². The fourth-order valence-electron chi connectivity index (χ4n) is 1.62. The number of aryl methyl sites for hydroxylation is 1. The van der Waals surface area contributed by atoms with Crippen LogP contribution in [-0.2, 0) is 9.59 Å². The molecule has 1 aromatic rings. The van der Waals surface area contributed by atoms with E-state index in [2.05, 4.69) is 31.9 Å². The number of anilines is 1. The van der Waals surface area contributed by atoms with Crippen LogP contribution in [0.1, 0.15) is 18.4 Å². The Balaban J connectivity index is 0.00000400. The van der Waals surface area contributed by atoms with Crippen LogP contribution in [0, 0.1) is 6.92 Å². The van der Waals surface area contributed by atoms with Crippen LogP contribution in [0.5, 0.6) is 0 Å². The highest BCUT2D eigenvalue weighted by Gasteiger charge is 2.06. The van der Waals surface area contributed by atoms with E-state index in [0.29, 0.717) is 6.42 Å². The second-order valence-corrected chi connectivity index (χ2v) is 5.35. The molecule has 1 rings (SSSR count). The van der Waals surface area contributed by atoms with Crippen LogP contribution < -0.4 is 16.0 Å². The van der Waals surface area contributed by atoms with Crippen LogP contribution in [0.4, 0.5) is 5.69 Å². The Kier molecular flexibility index (Phi) is 10.0. The van der Waals surface area contributed by atoms with E-state index in [9.17, 15) is 9.59 Å². The lowest BCUT2D eigenvalue weighted by Gasteiger charge is -2.08. The molecule has 0 bridgehead atoms. The van der Waals surface area contributed by atoms with Crippen LogP contribution in [0.3, 0.4) is 0 Å². The van der Waals surface area contributed by atoms with Crippen molar-refractivity contribution in [2.24, 2.45) is 0 Å². The Hall–Kier alpha value is -1.11. The van der Waals surface area contributed by atoms with E-state index in [1.165, 1.54) is 0 Å². The number of benzene rings is 1. The van der Waals surface area contributed by atoms with Gasteiger partial charge in [0.1, 0.15) is 0 Å². The third-order valence-corrected chi connectivity index (χ3v) is 3.61. The molecule has 2 amide bonds. The average molecular weight is 379 g/mol. The van der Waals surface area contributed by atoms with Crippen LogP contribution in [0.15, 0.2) is 22.7 Å². The highest BCUT2D eigenvalue weighted by Crippen LogP contribution is 2.19. The Bertz CT molecular complexity index is 483. The van der Waals surface area contributed by atoms with Crippen LogP contribution >= 0.6 is 28.3 Å². The summed E-state index contributed by atoms with van der Waals surface area (Å²) in [5.41, 5.74) is 1.76. The maximum atomic E-state index is 11.7.